The fourth-order valence-corrected chi connectivity index (χ4v) is 9.74. The van der Waals surface area contributed by atoms with Crippen LogP contribution in [0.15, 0.2) is 66.4 Å². The van der Waals surface area contributed by atoms with E-state index in [4.69, 9.17) is 18.6 Å². The quantitative estimate of drug-likeness (QED) is 0.0366. The molecular formula is C40H51N2O18S4+. The van der Waals surface area contributed by atoms with Gasteiger partial charge >= 0.3 is 17.9 Å². The second-order valence-corrected chi connectivity index (χ2v) is 22.3. The molecule has 0 saturated heterocycles. The van der Waals surface area contributed by atoms with Gasteiger partial charge in [0.1, 0.15) is 6.54 Å². The third-order valence-electron chi connectivity index (χ3n) is 10.4. The van der Waals surface area contributed by atoms with E-state index in [1.54, 1.807) is 65.8 Å². The molecule has 2 aromatic carbocycles. The predicted octanol–water partition coefficient (Wildman–Crippen LogP) is 3.98. The number of hydrogen-bond acceptors (Lipinski definition) is 14. The fourth-order valence-electron chi connectivity index (χ4n) is 7.79. The second kappa shape index (κ2) is 20.1. The molecule has 0 spiro atoms. The predicted molar refractivity (Wildman–Crippen MR) is 234 cm³/mol. The van der Waals surface area contributed by atoms with Gasteiger partial charge in [-0.2, -0.15) is 38.2 Å². The smallest absolute Gasteiger partial charge is 0.338 e. The summed E-state index contributed by atoms with van der Waals surface area (Å²) in [5.41, 5.74) is 0.305. The molecule has 2 aliphatic heterocycles. The molecule has 0 radical (unpaired) electrons. The summed E-state index contributed by atoms with van der Waals surface area (Å²) in [5, 5.41) is 10.0. The molecular weight excluding hydrogens is 925 g/mol. The number of carboxylic acid groups (broad SMARTS) is 1. The molecule has 0 fully saturated rings. The molecule has 20 nitrogen and oxygen atoms in total. The van der Waals surface area contributed by atoms with Crippen LogP contribution in [0, 0.1) is 0 Å². The van der Waals surface area contributed by atoms with E-state index in [1.807, 2.05) is 13.8 Å². The molecule has 0 saturated carbocycles. The van der Waals surface area contributed by atoms with Crippen molar-refractivity contribution in [2.75, 3.05) is 54.2 Å². The molecule has 0 amide bonds. The molecule has 0 bridgehead atoms. The average Bonchev–Trinajstić information content (AvgIpc) is 3.50. The van der Waals surface area contributed by atoms with E-state index in [0.29, 0.717) is 28.2 Å². The van der Waals surface area contributed by atoms with Gasteiger partial charge in [-0.3, -0.25) is 18.2 Å². The lowest BCUT2D eigenvalue weighted by Crippen LogP contribution is -2.29. The molecule has 64 heavy (non-hydrogen) atoms. The lowest BCUT2D eigenvalue weighted by atomic mass is 9.79. The Morgan fingerprint density at radius 1 is 0.672 bits per heavy atom. The fraction of sp³-hybridized carbons (Fsp3) is 0.450. The molecule has 2 aliphatic rings. The average molecular weight is 976 g/mol. The molecule has 2 heterocycles. The van der Waals surface area contributed by atoms with Gasteiger partial charge in [0.05, 0.1) is 63.9 Å². The van der Waals surface area contributed by atoms with Crippen LogP contribution in [0.5, 0.6) is 0 Å². The lowest BCUT2D eigenvalue weighted by Gasteiger charge is -2.27. The van der Waals surface area contributed by atoms with Gasteiger partial charge in [-0.1, -0.05) is 38.1 Å². The number of benzene rings is 2. The van der Waals surface area contributed by atoms with Crippen molar-refractivity contribution in [1.82, 2.24) is 0 Å². The van der Waals surface area contributed by atoms with E-state index < -0.39 is 105 Å². The molecule has 352 valence electrons. The van der Waals surface area contributed by atoms with Crippen LogP contribution in [0.25, 0.3) is 0 Å². The van der Waals surface area contributed by atoms with E-state index in [9.17, 15) is 62.3 Å². The minimum absolute atomic E-state index is 0.0154. The van der Waals surface area contributed by atoms with E-state index >= 15 is 0 Å². The van der Waals surface area contributed by atoms with Crippen LogP contribution in [-0.4, -0.2) is 134 Å². The monoisotopic (exact) mass is 975 g/mol. The lowest BCUT2D eigenvalue weighted by molar-refractivity contribution is -0.437. The van der Waals surface area contributed by atoms with Crippen molar-refractivity contribution >= 4 is 75.5 Å². The summed E-state index contributed by atoms with van der Waals surface area (Å²) in [7, 11) is -17.5. The first-order valence-corrected chi connectivity index (χ1v) is 26.1. The Morgan fingerprint density at radius 2 is 1.22 bits per heavy atom. The van der Waals surface area contributed by atoms with Crippen LogP contribution >= 0.6 is 0 Å². The first kappa shape index (κ1) is 51.8. The minimum Gasteiger partial charge on any atom is -0.478 e. The summed E-state index contributed by atoms with van der Waals surface area (Å²) < 4.78 is 141. The summed E-state index contributed by atoms with van der Waals surface area (Å²) in [5.74, 6) is -5.78. The van der Waals surface area contributed by atoms with Gasteiger partial charge in [0.15, 0.2) is 5.71 Å². The summed E-state index contributed by atoms with van der Waals surface area (Å²) >= 11 is 0. The minimum atomic E-state index is -4.44. The van der Waals surface area contributed by atoms with Crippen molar-refractivity contribution in [2.24, 2.45) is 0 Å². The van der Waals surface area contributed by atoms with Gasteiger partial charge < -0.3 is 19.5 Å². The van der Waals surface area contributed by atoms with E-state index in [0.717, 1.165) is 0 Å². The van der Waals surface area contributed by atoms with Crippen molar-refractivity contribution in [3.8, 4) is 0 Å². The van der Waals surface area contributed by atoms with Crippen molar-refractivity contribution in [3.05, 3.63) is 94.2 Å². The van der Waals surface area contributed by atoms with Crippen LogP contribution in [0.1, 0.15) is 95.6 Å². The zero-order chi connectivity index (χ0) is 48.1. The number of anilines is 1. The summed E-state index contributed by atoms with van der Waals surface area (Å²) in [6.45, 7) is 6.22. The number of carboxylic acids is 1. The molecule has 24 heteroatoms. The number of allylic oxidation sites excluding steroid dienone is 6. The van der Waals surface area contributed by atoms with E-state index in [2.05, 4.69) is 0 Å². The number of nitrogens with zero attached hydrogens (tertiary/aromatic N) is 2. The first-order valence-electron chi connectivity index (χ1n) is 19.6. The molecule has 5 N–H and O–H groups in total. The van der Waals surface area contributed by atoms with Gasteiger partial charge in [0.25, 0.3) is 40.5 Å². The largest absolute Gasteiger partial charge is 0.478 e. The van der Waals surface area contributed by atoms with Crippen LogP contribution in [-0.2, 0) is 60.8 Å². The van der Waals surface area contributed by atoms with E-state index in [-0.39, 0.29) is 61.2 Å². The number of hydrogen-bond donors (Lipinski definition) is 5. The standard InChI is InChI=1S/C40H50N2O18S4/c1-39(2)32(41(17-9-21-61(47,48)49)30-14-8-13-28(34(30)39)36(43)44)15-6-5-7-16-33-40(3,4)35-29(38(46)60-20-12-24-64(56,57)58)25-27(37(45)59-19-11-23-63(53,54)55)26-31(35)42(33)18-10-22-62(50,51)52/h5-8,13-16,25-26H,9-12,17-24H2,1-4H3,(H4-,43,44,47,48,49,50,51,52,53,54,55,56,57,58)/p+1. The normalized spacial score (nSPS) is 16.8. The zero-order valence-electron chi connectivity index (χ0n) is 35.3. The first-order chi connectivity index (χ1) is 29.4. The van der Waals surface area contributed by atoms with Crippen LogP contribution in [0.3, 0.4) is 0 Å². The van der Waals surface area contributed by atoms with Crippen molar-refractivity contribution in [2.45, 2.75) is 64.2 Å². The number of esters is 2. The van der Waals surface area contributed by atoms with Gasteiger partial charge in [-0.15, -0.1) is 0 Å². The number of ether oxygens (including phenoxy) is 2. The summed E-state index contributed by atoms with van der Waals surface area (Å²) in [6, 6.07) is 7.30. The topological polar surface area (TPSA) is 314 Å². The van der Waals surface area contributed by atoms with Gasteiger partial charge in [0, 0.05) is 47.5 Å². The van der Waals surface area contributed by atoms with Crippen molar-refractivity contribution in [3.63, 3.8) is 0 Å². The highest BCUT2D eigenvalue weighted by Gasteiger charge is 2.47. The molecule has 0 aliphatic carbocycles. The number of rotatable bonds is 22. The molecule has 0 atom stereocenters. The number of carbonyl (C=O) groups is 3. The third-order valence-corrected chi connectivity index (χ3v) is 13.6. The Kier molecular flexibility index (Phi) is 16.3. The Balaban J connectivity index is 1.80. The summed E-state index contributed by atoms with van der Waals surface area (Å²) in [6.07, 6.45) is 7.60. The number of fused-ring (bicyclic) bond motifs is 2. The van der Waals surface area contributed by atoms with Gasteiger partial charge in [-0.25, -0.2) is 14.4 Å². The summed E-state index contributed by atoms with van der Waals surface area (Å²) in [4.78, 5) is 41.0. The van der Waals surface area contributed by atoms with Crippen molar-refractivity contribution in [1.29, 1.82) is 0 Å². The Hall–Kier alpha value is -4.82. The number of aromatic carboxylic acids is 1. The maximum atomic E-state index is 13.7. The number of carbonyl (C=O) groups excluding carboxylic acids is 2. The van der Waals surface area contributed by atoms with E-state index in [1.165, 1.54) is 18.2 Å². The highest BCUT2D eigenvalue weighted by molar-refractivity contribution is 7.86. The SMILES string of the molecule is CC1(C)C(=CC=CC=CC2=[N+](CCCS(=O)(=O)O)c3cccc(C(=O)O)c3C2(C)C)N(CCCS(=O)(=O)O)c2cc(C(=O)OCCCS(=O)(=O)O)cc(C(=O)OCCCS(=O)(=O)O)c21. The van der Waals surface area contributed by atoms with Gasteiger partial charge in [-0.05, 0) is 57.4 Å². The highest BCUT2D eigenvalue weighted by Crippen LogP contribution is 2.50. The Bertz CT molecular complexity index is 2750. The van der Waals surface area contributed by atoms with Gasteiger partial charge in [0.2, 0.25) is 5.69 Å². The maximum Gasteiger partial charge on any atom is 0.338 e. The Labute approximate surface area is 372 Å². The zero-order valence-corrected chi connectivity index (χ0v) is 38.6. The highest BCUT2D eigenvalue weighted by atomic mass is 32.2. The van der Waals surface area contributed by atoms with Crippen LogP contribution < -0.4 is 4.90 Å². The molecule has 2 aromatic rings. The third kappa shape index (κ3) is 13.6. The van der Waals surface area contributed by atoms with Crippen LogP contribution in [0.2, 0.25) is 0 Å². The second-order valence-electron chi connectivity index (χ2n) is 16.0. The van der Waals surface area contributed by atoms with Crippen LogP contribution in [0.4, 0.5) is 11.4 Å². The molecule has 0 aromatic heterocycles. The molecule has 4 rings (SSSR count). The molecule has 0 unspecified atom stereocenters. The maximum absolute atomic E-state index is 13.7. The van der Waals surface area contributed by atoms with Crippen molar-refractivity contribution < 1.29 is 85.4 Å². The Morgan fingerprint density at radius 3 is 1.78 bits per heavy atom.